The van der Waals surface area contributed by atoms with Crippen LogP contribution in [0.2, 0.25) is 0 Å². The first-order valence-corrected chi connectivity index (χ1v) is 5.96. The predicted octanol–water partition coefficient (Wildman–Crippen LogP) is 1.67. The number of nitrogens with one attached hydrogen (secondary N) is 1. The number of ether oxygens (including phenoxy) is 1. The Labute approximate surface area is 114 Å². The first kappa shape index (κ1) is 13.9. The van der Waals surface area contributed by atoms with Crippen molar-refractivity contribution in [3.63, 3.8) is 0 Å². The van der Waals surface area contributed by atoms with Crippen molar-refractivity contribution in [3.05, 3.63) is 41.8 Å². The van der Waals surface area contributed by atoms with E-state index in [1.807, 2.05) is 0 Å². The molecule has 104 valence electrons. The van der Waals surface area contributed by atoms with Gasteiger partial charge in [-0.05, 0) is 31.2 Å². The Bertz CT molecular complexity index is 673. The van der Waals surface area contributed by atoms with Gasteiger partial charge in [-0.15, -0.1) is 0 Å². The molecule has 1 atom stereocenters. The fraction of sp³-hybridized carbons (Fsp3) is 0.214. The highest BCUT2D eigenvalue weighted by Gasteiger charge is 2.17. The van der Waals surface area contributed by atoms with Gasteiger partial charge in [0.05, 0.1) is 12.6 Å². The van der Waals surface area contributed by atoms with Crippen molar-refractivity contribution in [1.82, 2.24) is 10.3 Å². The number of methoxy groups -OCH3 is 1. The van der Waals surface area contributed by atoms with Crippen LogP contribution in [0.3, 0.4) is 0 Å². The summed E-state index contributed by atoms with van der Waals surface area (Å²) in [4.78, 5) is 27.3. The number of fused-ring (bicyclic) bond motifs is 1. The van der Waals surface area contributed by atoms with Gasteiger partial charge in [-0.2, -0.15) is 0 Å². The quantitative estimate of drug-likeness (QED) is 0.866. The number of hydrogen-bond donors (Lipinski definition) is 1. The molecule has 5 nitrogen and oxygen atoms in total. The Morgan fingerprint density at radius 3 is 2.75 bits per heavy atom. The second kappa shape index (κ2) is 5.64. The van der Waals surface area contributed by atoms with Gasteiger partial charge >= 0.3 is 5.97 Å². The van der Waals surface area contributed by atoms with Gasteiger partial charge in [-0.3, -0.25) is 4.79 Å². The third-order valence-electron chi connectivity index (χ3n) is 2.79. The summed E-state index contributed by atoms with van der Waals surface area (Å²) in [7, 11) is 1.24. The van der Waals surface area contributed by atoms with Gasteiger partial charge in [0.1, 0.15) is 17.6 Å². The van der Waals surface area contributed by atoms with Crippen LogP contribution < -0.4 is 5.32 Å². The Hall–Kier alpha value is -2.50. The fourth-order valence-corrected chi connectivity index (χ4v) is 1.73. The van der Waals surface area contributed by atoms with E-state index < -0.39 is 17.9 Å². The molecule has 0 fully saturated rings. The molecule has 0 radical (unpaired) electrons. The molecule has 0 aliphatic rings. The van der Waals surface area contributed by atoms with Crippen LogP contribution in [0.15, 0.2) is 30.3 Å². The van der Waals surface area contributed by atoms with E-state index in [0.717, 1.165) is 0 Å². The number of amides is 1. The maximum absolute atomic E-state index is 13.0. The van der Waals surface area contributed by atoms with Crippen molar-refractivity contribution in [2.45, 2.75) is 13.0 Å². The monoisotopic (exact) mass is 276 g/mol. The summed E-state index contributed by atoms with van der Waals surface area (Å²) in [6, 6.07) is 6.41. The van der Waals surface area contributed by atoms with Gasteiger partial charge in [0, 0.05) is 5.39 Å². The number of pyridine rings is 1. The topological polar surface area (TPSA) is 68.3 Å². The summed E-state index contributed by atoms with van der Waals surface area (Å²) in [5.74, 6) is -1.40. The molecule has 1 unspecified atom stereocenters. The molecule has 1 aromatic carbocycles. The van der Waals surface area contributed by atoms with E-state index >= 15 is 0 Å². The minimum Gasteiger partial charge on any atom is -0.467 e. The number of nitrogens with zero attached hydrogens (tertiary/aromatic N) is 1. The van der Waals surface area contributed by atoms with E-state index in [4.69, 9.17) is 0 Å². The lowest BCUT2D eigenvalue weighted by atomic mass is 10.2. The summed E-state index contributed by atoms with van der Waals surface area (Å²) in [6.45, 7) is 1.51. The average molecular weight is 276 g/mol. The standard InChI is InChI=1S/C14H13FN2O3/c1-8(14(19)20-2)16-13(18)12-5-3-9-7-10(15)4-6-11(9)17-12/h3-8H,1-2H3,(H,16,18). The van der Waals surface area contributed by atoms with Crippen molar-refractivity contribution in [2.24, 2.45) is 0 Å². The molecular formula is C14H13FN2O3. The van der Waals surface area contributed by atoms with E-state index in [2.05, 4.69) is 15.0 Å². The Morgan fingerprint density at radius 2 is 2.05 bits per heavy atom. The molecule has 1 amide bonds. The molecule has 0 saturated heterocycles. The number of hydrogen-bond acceptors (Lipinski definition) is 4. The Kier molecular flexibility index (Phi) is 3.93. The fourth-order valence-electron chi connectivity index (χ4n) is 1.73. The molecule has 1 heterocycles. The van der Waals surface area contributed by atoms with Gasteiger partial charge in [0.15, 0.2) is 0 Å². The molecule has 2 aromatic rings. The van der Waals surface area contributed by atoms with Crippen LogP contribution >= 0.6 is 0 Å². The third kappa shape index (κ3) is 2.90. The van der Waals surface area contributed by atoms with E-state index in [1.165, 1.54) is 38.3 Å². The molecule has 0 aliphatic carbocycles. The van der Waals surface area contributed by atoms with Crippen LogP contribution in [0, 0.1) is 5.82 Å². The Balaban J connectivity index is 2.22. The highest BCUT2D eigenvalue weighted by atomic mass is 19.1. The van der Waals surface area contributed by atoms with Crippen LogP contribution in [-0.4, -0.2) is 30.0 Å². The lowest BCUT2D eigenvalue weighted by molar-refractivity contribution is -0.142. The summed E-state index contributed by atoms with van der Waals surface area (Å²) >= 11 is 0. The molecule has 0 aliphatic heterocycles. The number of benzene rings is 1. The molecule has 20 heavy (non-hydrogen) atoms. The second-order valence-corrected chi connectivity index (χ2v) is 4.25. The molecule has 2 rings (SSSR count). The van der Waals surface area contributed by atoms with Gasteiger partial charge in [-0.1, -0.05) is 6.07 Å². The number of halogens is 1. The maximum Gasteiger partial charge on any atom is 0.328 e. The van der Waals surface area contributed by atoms with E-state index in [9.17, 15) is 14.0 Å². The van der Waals surface area contributed by atoms with E-state index in [-0.39, 0.29) is 11.5 Å². The first-order chi connectivity index (χ1) is 9.51. The minimum atomic E-state index is -0.766. The molecule has 6 heteroatoms. The van der Waals surface area contributed by atoms with Crippen molar-refractivity contribution in [3.8, 4) is 0 Å². The summed E-state index contributed by atoms with van der Waals surface area (Å²) in [6.07, 6.45) is 0. The van der Waals surface area contributed by atoms with Crippen LogP contribution in [-0.2, 0) is 9.53 Å². The SMILES string of the molecule is COC(=O)C(C)NC(=O)c1ccc2cc(F)ccc2n1. The number of carbonyl (C=O) groups is 2. The number of esters is 1. The number of carbonyl (C=O) groups excluding carboxylic acids is 2. The number of rotatable bonds is 3. The van der Waals surface area contributed by atoms with Gasteiger partial charge < -0.3 is 10.1 Å². The van der Waals surface area contributed by atoms with Gasteiger partial charge in [0.25, 0.3) is 5.91 Å². The second-order valence-electron chi connectivity index (χ2n) is 4.25. The third-order valence-corrected chi connectivity index (χ3v) is 2.79. The molecular weight excluding hydrogens is 263 g/mol. The van der Waals surface area contributed by atoms with Crippen LogP contribution in [0.25, 0.3) is 10.9 Å². The van der Waals surface area contributed by atoms with Crippen LogP contribution in [0.5, 0.6) is 0 Å². The number of aromatic nitrogens is 1. The summed E-state index contributed by atoms with van der Waals surface area (Å²) < 4.78 is 17.6. The predicted molar refractivity (Wildman–Crippen MR) is 70.6 cm³/mol. The zero-order valence-electron chi connectivity index (χ0n) is 11.0. The molecule has 1 aromatic heterocycles. The van der Waals surface area contributed by atoms with Crippen molar-refractivity contribution in [2.75, 3.05) is 7.11 Å². The zero-order chi connectivity index (χ0) is 14.7. The summed E-state index contributed by atoms with van der Waals surface area (Å²) in [5, 5.41) is 3.07. The molecule has 1 N–H and O–H groups in total. The lowest BCUT2D eigenvalue weighted by Crippen LogP contribution is -2.39. The smallest absolute Gasteiger partial charge is 0.328 e. The first-order valence-electron chi connectivity index (χ1n) is 5.96. The van der Waals surface area contributed by atoms with Gasteiger partial charge in [-0.25, -0.2) is 14.2 Å². The average Bonchev–Trinajstić information content (AvgIpc) is 2.45. The maximum atomic E-state index is 13.0. The minimum absolute atomic E-state index is 0.153. The highest BCUT2D eigenvalue weighted by molar-refractivity contribution is 5.97. The zero-order valence-corrected chi connectivity index (χ0v) is 11.0. The molecule has 0 spiro atoms. The largest absolute Gasteiger partial charge is 0.467 e. The van der Waals surface area contributed by atoms with Crippen molar-refractivity contribution < 1.29 is 18.7 Å². The molecule has 0 bridgehead atoms. The highest BCUT2D eigenvalue weighted by Crippen LogP contribution is 2.14. The molecule has 0 saturated carbocycles. The van der Waals surface area contributed by atoms with Crippen molar-refractivity contribution >= 4 is 22.8 Å². The summed E-state index contributed by atoms with van der Waals surface area (Å²) in [5.41, 5.74) is 0.657. The van der Waals surface area contributed by atoms with Crippen LogP contribution in [0.4, 0.5) is 4.39 Å². The lowest BCUT2D eigenvalue weighted by Gasteiger charge is -2.11. The normalized spacial score (nSPS) is 11.9. The van der Waals surface area contributed by atoms with E-state index in [1.54, 1.807) is 6.07 Å². The van der Waals surface area contributed by atoms with E-state index in [0.29, 0.717) is 10.9 Å². The Morgan fingerprint density at radius 1 is 1.30 bits per heavy atom. The van der Waals surface area contributed by atoms with Gasteiger partial charge in [0.2, 0.25) is 0 Å². The van der Waals surface area contributed by atoms with Crippen molar-refractivity contribution in [1.29, 1.82) is 0 Å². The van der Waals surface area contributed by atoms with Crippen LogP contribution in [0.1, 0.15) is 17.4 Å².